The summed E-state index contributed by atoms with van der Waals surface area (Å²) in [5.41, 5.74) is 2.82. The van der Waals surface area contributed by atoms with E-state index in [9.17, 15) is 0 Å². The predicted molar refractivity (Wildman–Crippen MR) is 73.6 cm³/mol. The van der Waals surface area contributed by atoms with E-state index in [1.54, 1.807) is 0 Å². The lowest BCUT2D eigenvalue weighted by Gasteiger charge is -1.98. The number of aliphatic hydroxyl groups is 1. The highest BCUT2D eigenvalue weighted by atomic mass is 32.1. The molecule has 1 nitrogen and oxygen atoms in total. The molecule has 17 heavy (non-hydrogen) atoms. The molecule has 0 atom stereocenters. The van der Waals surface area contributed by atoms with E-state index in [-0.39, 0.29) is 6.61 Å². The summed E-state index contributed by atoms with van der Waals surface area (Å²) in [4.78, 5) is 1.39. The Labute approximate surface area is 107 Å². The molecule has 0 aliphatic heterocycles. The van der Waals surface area contributed by atoms with Gasteiger partial charge < -0.3 is 5.11 Å². The number of hydrogen-bond acceptors (Lipinski definition) is 2. The summed E-state index contributed by atoms with van der Waals surface area (Å²) < 4.78 is 0. The van der Waals surface area contributed by atoms with E-state index in [2.05, 4.69) is 41.8 Å². The Kier molecular flexibility index (Phi) is 4.77. The molecular weight excluding hydrogens is 228 g/mol. The highest BCUT2D eigenvalue weighted by molar-refractivity contribution is 7.10. The van der Waals surface area contributed by atoms with E-state index in [0.717, 1.165) is 25.7 Å². The summed E-state index contributed by atoms with van der Waals surface area (Å²) >= 11 is 1.81. The molecule has 2 aromatic rings. The summed E-state index contributed by atoms with van der Waals surface area (Å²) in [6, 6.07) is 12.9. The van der Waals surface area contributed by atoms with Gasteiger partial charge in [0, 0.05) is 11.5 Å². The minimum absolute atomic E-state index is 0.289. The molecule has 0 radical (unpaired) electrons. The van der Waals surface area contributed by atoms with E-state index in [1.807, 2.05) is 11.3 Å². The van der Waals surface area contributed by atoms with Crippen molar-refractivity contribution in [3.8, 4) is 0 Å². The van der Waals surface area contributed by atoms with E-state index >= 15 is 0 Å². The van der Waals surface area contributed by atoms with Gasteiger partial charge in [0.15, 0.2) is 0 Å². The maximum absolute atomic E-state index is 8.79. The van der Waals surface area contributed by atoms with Crippen LogP contribution in [0.4, 0.5) is 0 Å². The molecule has 1 aromatic carbocycles. The van der Waals surface area contributed by atoms with E-state index in [0.29, 0.717) is 0 Å². The van der Waals surface area contributed by atoms with Crippen LogP contribution in [0.2, 0.25) is 0 Å². The summed E-state index contributed by atoms with van der Waals surface area (Å²) in [6.07, 6.45) is 4.10. The molecule has 0 aliphatic rings. The molecule has 0 saturated carbocycles. The lowest BCUT2D eigenvalue weighted by Crippen LogP contribution is -1.89. The first-order valence-electron chi connectivity index (χ1n) is 6.09. The highest BCUT2D eigenvalue weighted by Crippen LogP contribution is 2.18. The van der Waals surface area contributed by atoms with E-state index < -0.39 is 0 Å². The second-order valence-electron chi connectivity index (χ2n) is 4.23. The van der Waals surface area contributed by atoms with Gasteiger partial charge >= 0.3 is 0 Å². The number of thiophene rings is 1. The van der Waals surface area contributed by atoms with Gasteiger partial charge in [-0.1, -0.05) is 30.3 Å². The largest absolute Gasteiger partial charge is 0.396 e. The van der Waals surface area contributed by atoms with Crippen LogP contribution in [-0.4, -0.2) is 11.7 Å². The standard InChI is InChI=1S/C15H18OS/c16-10-4-7-15-11-14(12-17-15)9-8-13-5-2-1-3-6-13/h1-3,5-6,11-12,16H,4,7-10H2. The monoisotopic (exact) mass is 246 g/mol. The van der Waals surface area contributed by atoms with Crippen LogP contribution in [0.25, 0.3) is 0 Å². The lowest BCUT2D eigenvalue weighted by molar-refractivity contribution is 0.289. The molecule has 0 saturated heterocycles. The van der Waals surface area contributed by atoms with Gasteiger partial charge in [-0.3, -0.25) is 0 Å². The number of hydrogen-bond donors (Lipinski definition) is 1. The minimum atomic E-state index is 0.289. The minimum Gasteiger partial charge on any atom is -0.396 e. The molecule has 0 fully saturated rings. The topological polar surface area (TPSA) is 20.2 Å². The Morgan fingerprint density at radius 2 is 1.71 bits per heavy atom. The zero-order chi connectivity index (χ0) is 11.9. The molecule has 90 valence electrons. The van der Waals surface area contributed by atoms with Crippen LogP contribution >= 0.6 is 11.3 Å². The van der Waals surface area contributed by atoms with Crippen molar-refractivity contribution in [1.82, 2.24) is 0 Å². The van der Waals surface area contributed by atoms with Crippen molar-refractivity contribution in [2.45, 2.75) is 25.7 Å². The molecule has 2 heteroatoms. The molecule has 0 amide bonds. The molecule has 1 N–H and O–H groups in total. The quantitative estimate of drug-likeness (QED) is 0.827. The van der Waals surface area contributed by atoms with Crippen LogP contribution in [-0.2, 0) is 19.3 Å². The van der Waals surface area contributed by atoms with E-state index in [1.165, 1.54) is 16.0 Å². The molecule has 2 rings (SSSR count). The lowest BCUT2D eigenvalue weighted by atomic mass is 10.1. The third-order valence-corrected chi connectivity index (χ3v) is 3.88. The van der Waals surface area contributed by atoms with Gasteiger partial charge in [-0.05, 0) is 48.3 Å². The Morgan fingerprint density at radius 1 is 0.941 bits per heavy atom. The number of aliphatic hydroxyl groups excluding tert-OH is 1. The van der Waals surface area contributed by atoms with Gasteiger partial charge in [0.25, 0.3) is 0 Å². The zero-order valence-electron chi connectivity index (χ0n) is 9.93. The van der Waals surface area contributed by atoms with Crippen molar-refractivity contribution in [2.24, 2.45) is 0 Å². The van der Waals surface area contributed by atoms with Crippen molar-refractivity contribution >= 4 is 11.3 Å². The second-order valence-corrected chi connectivity index (χ2v) is 5.23. The van der Waals surface area contributed by atoms with E-state index in [4.69, 9.17) is 5.11 Å². The fraction of sp³-hybridized carbons (Fsp3) is 0.333. The molecule has 0 bridgehead atoms. The Morgan fingerprint density at radius 3 is 2.47 bits per heavy atom. The van der Waals surface area contributed by atoms with Crippen molar-refractivity contribution < 1.29 is 5.11 Å². The van der Waals surface area contributed by atoms with Gasteiger partial charge in [-0.15, -0.1) is 11.3 Å². The highest BCUT2D eigenvalue weighted by Gasteiger charge is 2.00. The van der Waals surface area contributed by atoms with Crippen molar-refractivity contribution in [3.05, 3.63) is 57.8 Å². The predicted octanol–water partition coefficient (Wildman–Crippen LogP) is 3.46. The molecule has 0 unspecified atom stereocenters. The smallest absolute Gasteiger partial charge is 0.0434 e. The number of rotatable bonds is 6. The fourth-order valence-electron chi connectivity index (χ4n) is 1.88. The third kappa shape index (κ3) is 3.99. The fourth-order valence-corrected chi connectivity index (χ4v) is 2.85. The molecule has 0 aliphatic carbocycles. The van der Waals surface area contributed by atoms with Gasteiger partial charge in [0.05, 0.1) is 0 Å². The van der Waals surface area contributed by atoms with Gasteiger partial charge in [0.2, 0.25) is 0 Å². The average molecular weight is 246 g/mol. The van der Waals surface area contributed by atoms with Crippen molar-refractivity contribution in [2.75, 3.05) is 6.61 Å². The van der Waals surface area contributed by atoms with Crippen LogP contribution in [0.1, 0.15) is 22.4 Å². The number of aryl methyl sites for hydroxylation is 3. The van der Waals surface area contributed by atoms with Crippen molar-refractivity contribution in [3.63, 3.8) is 0 Å². The summed E-state index contributed by atoms with van der Waals surface area (Å²) in [5.74, 6) is 0. The van der Waals surface area contributed by atoms with Crippen LogP contribution in [0, 0.1) is 0 Å². The Bertz CT molecular complexity index is 433. The SMILES string of the molecule is OCCCc1cc(CCc2ccccc2)cs1. The molecule has 1 aromatic heterocycles. The summed E-state index contributed by atoms with van der Waals surface area (Å²) in [5, 5.41) is 11.0. The summed E-state index contributed by atoms with van der Waals surface area (Å²) in [7, 11) is 0. The number of benzene rings is 1. The molecule has 1 heterocycles. The van der Waals surface area contributed by atoms with Crippen LogP contribution in [0.3, 0.4) is 0 Å². The Hall–Kier alpha value is -1.12. The summed E-state index contributed by atoms with van der Waals surface area (Å²) in [6.45, 7) is 0.289. The van der Waals surface area contributed by atoms with Gasteiger partial charge in [0.1, 0.15) is 0 Å². The second kappa shape index (κ2) is 6.58. The average Bonchev–Trinajstić information content (AvgIpc) is 2.83. The first-order chi connectivity index (χ1) is 8.38. The van der Waals surface area contributed by atoms with Crippen LogP contribution in [0.15, 0.2) is 41.8 Å². The van der Waals surface area contributed by atoms with Crippen molar-refractivity contribution in [1.29, 1.82) is 0 Å². The van der Waals surface area contributed by atoms with Gasteiger partial charge in [-0.2, -0.15) is 0 Å². The Balaban J connectivity index is 1.85. The first kappa shape index (κ1) is 12.3. The maximum Gasteiger partial charge on any atom is 0.0434 e. The van der Waals surface area contributed by atoms with Crippen LogP contribution < -0.4 is 0 Å². The molecular formula is C15H18OS. The van der Waals surface area contributed by atoms with Gasteiger partial charge in [-0.25, -0.2) is 0 Å². The third-order valence-electron chi connectivity index (χ3n) is 2.83. The maximum atomic E-state index is 8.79. The molecule has 0 spiro atoms. The van der Waals surface area contributed by atoms with Crippen LogP contribution in [0.5, 0.6) is 0 Å². The first-order valence-corrected chi connectivity index (χ1v) is 6.97. The normalized spacial score (nSPS) is 10.6. The zero-order valence-corrected chi connectivity index (χ0v) is 10.7.